The van der Waals surface area contributed by atoms with Crippen molar-refractivity contribution >= 4 is 11.1 Å². The SMILES string of the molecule is CC/C=C\C1=C(C)c2ccccc2C12c1ccc(C(C)(C)C)cc1-c1cccc(-c3cccc(CC)c3)c12.CC1(C)C2=C(C=CCC2)c2ccccc21.CC1=CC(C2=CC(C)(C)C=C2)CC=C1. The van der Waals surface area contributed by atoms with Gasteiger partial charge in [-0.25, -0.2) is 0 Å². The third-order valence-electron chi connectivity index (χ3n) is 15.5. The summed E-state index contributed by atoms with van der Waals surface area (Å²) in [6.45, 7) is 25.1. The maximum absolute atomic E-state index is 2.48. The van der Waals surface area contributed by atoms with Crippen LogP contribution in [0.2, 0.25) is 0 Å². The minimum atomic E-state index is -0.327. The zero-order chi connectivity index (χ0) is 47.3. The van der Waals surface area contributed by atoms with E-state index in [2.05, 4.69) is 246 Å². The van der Waals surface area contributed by atoms with Crippen LogP contribution in [0, 0.1) is 11.3 Å². The van der Waals surface area contributed by atoms with E-state index >= 15 is 0 Å². The number of hydrogen-bond acceptors (Lipinski definition) is 0. The molecular formula is C67H72. The minimum absolute atomic E-state index is 0.0856. The predicted molar refractivity (Wildman–Crippen MR) is 291 cm³/mol. The third-order valence-corrected chi connectivity index (χ3v) is 15.5. The molecule has 340 valence electrons. The Morgan fingerprint density at radius 3 is 2.09 bits per heavy atom. The molecule has 11 rings (SSSR count). The maximum Gasteiger partial charge on any atom is 0.0728 e. The van der Waals surface area contributed by atoms with Gasteiger partial charge in [-0.3, -0.25) is 0 Å². The lowest BCUT2D eigenvalue weighted by Gasteiger charge is -2.33. The van der Waals surface area contributed by atoms with Crippen LogP contribution in [0.25, 0.3) is 33.4 Å². The second-order valence-corrected chi connectivity index (χ2v) is 21.9. The van der Waals surface area contributed by atoms with E-state index in [0.29, 0.717) is 5.92 Å². The van der Waals surface area contributed by atoms with Gasteiger partial charge >= 0.3 is 0 Å². The molecule has 0 nitrogen and oxygen atoms in total. The average Bonchev–Trinajstić information content (AvgIpc) is 4.00. The normalized spacial score (nSPS) is 21.0. The van der Waals surface area contributed by atoms with Crippen LogP contribution in [0.3, 0.4) is 0 Å². The van der Waals surface area contributed by atoms with Crippen molar-refractivity contribution in [1.82, 2.24) is 0 Å². The van der Waals surface area contributed by atoms with E-state index in [1.165, 1.54) is 107 Å². The average molecular weight is 877 g/mol. The Hall–Kier alpha value is -5.98. The zero-order valence-electron chi connectivity index (χ0n) is 42.3. The van der Waals surface area contributed by atoms with Gasteiger partial charge in [0.25, 0.3) is 0 Å². The highest BCUT2D eigenvalue weighted by molar-refractivity contribution is 5.99. The van der Waals surface area contributed by atoms with Gasteiger partial charge in [0.1, 0.15) is 0 Å². The molecule has 0 saturated carbocycles. The van der Waals surface area contributed by atoms with Crippen LogP contribution in [0.4, 0.5) is 0 Å². The van der Waals surface area contributed by atoms with Crippen molar-refractivity contribution in [3.8, 4) is 22.3 Å². The van der Waals surface area contributed by atoms with Crippen LogP contribution in [0.15, 0.2) is 192 Å². The molecule has 0 heterocycles. The first-order chi connectivity index (χ1) is 32.1. The summed E-state index contributed by atoms with van der Waals surface area (Å²) in [4.78, 5) is 0. The lowest BCUT2D eigenvalue weighted by atomic mass is 9.67. The molecule has 0 aliphatic heterocycles. The molecule has 0 N–H and O–H groups in total. The molecule has 5 aromatic carbocycles. The van der Waals surface area contributed by atoms with E-state index in [-0.39, 0.29) is 21.7 Å². The van der Waals surface area contributed by atoms with Crippen molar-refractivity contribution in [2.45, 2.75) is 125 Å². The molecule has 2 unspecified atom stereocenters. The maximum atomic E-state index is 2.48. The lowest BCUT2D eigenvalue weighted by molar-refractivity contribution is 0.590. The van der Waals surface area contributed by atoms with Gasteiger partial charge in [0.15, 0.2) is 0 Å². The third kappa shape index (κ3) is 8.19. The van der Waals surface area contributed by atoms with Gasteiger partial charge in [-0.15, -0.1) is 0 Å². The Bertz CT molecular complexity index is 3000. The molecule has 0 radical (unpaired) electrons. The summed E-state index contributed by atoms with van der Waals surface area (Å²) in [5, 5.41) is 0. The quantitative estimate of drug-likeness (QED) is 0.165. The Labute approximate surface area is 404 Å². The van der Waals surface area contributed by atoms with Crippen LogP contribution in [-0.2, 0) is 22.7 Å². The van der Waals surface area contributed by atoms with Gasteiger partial charge < -0.3 is 0 Å². The van der Waals surface area contributed by atoms with Gasteiger partial charge in [0, 0.05) is 16.7 Å². The van der Waals surface area contributed by atoms with E-state index in [0.717, 1.165) is 19.3 Å². The van der Waals surface area contributed by atoms with Gasteiger partial charge in [0.2, 0.25) is 0 Å². The van der Waals surface area contributed by atoms with Gasteiger partial charge in [0.05, 0.1) is 5.41 Å². The molecule has 2 atom stereocenters. The summed E-state index contributed by atoms with van der Waals surface area (Å²) >= 11 is 0. The number of allylic oxidation sites excluding steroid dienone is 16. The molecule has 5 aromatic rings. The summed E-state index contributed by atoms with van der Waals surface area (Å²) in [6.07, 6.45) is 28.9. The first-order valence-corrected chi connectivity index (χ1v) is 25.2. The van der Waals surface area contributed by atoms with Crippen molar-refractivity contribution < 1.29 is 0 Å². The molecule has 67 heavy (non-hydrogen) atoms. The molecular weight excluding hydrogens is 805 g/mol. The Morgan fingerprint density at radius 1 is 0.672 bits per heavy atom. The van der Waals surface area contributed by atoms with Crippen molar-refractivity contribution in [3.63, 3.8) is 0 Å². The standard InChI is InChI=1S/C38H38.C15H16.C14H18/c1-7-9-19-33-25(3)29-16-10-11-20-34(29)38(33)35-22-21-28(37(4,5)6)24-32(35)31-18-13-17-30(36(31)38)27-15-12-14-26(8-2)23-27;1-15(2)13-9-5-3-7-11(13)12-8-4-6-10-14(12)15;1-11-5-4-6-12(9-11)13-7-8-14(2,3)10-13/h9-24H,7-8H2,1-6H3;3-5,7-9H,6,10H2,1-2H3;4-5,7-10,12H,6H2,1-3H3/b19-9-;;. The molecule has 6 aliphatic rings. The zero-order valence-corrected chi connectivity index (χ0v) is 42.3. The fraction of sp³-hybridized carbons (Fsp3) is 0.313. The second-order valence-electron chi connectivity index (χ2n) is 21.9. The van der Waals surface area contributed by atoms with Crippen molar-refractivity contribution in [3.05, 3.63) is 237 Å². The molecule has 0 bridgehead atoms. The second kappa shape index (κ2) is 17.9. The van der Waals surface area contributed by atoms with E-state index in [4.69, 9.17) is 0 Å². The molecule has 0 heteroatoms. The molecule has 0 fully saturated rings. The number of hydrogen-bond donors (Lipinski definition) is 0. The Morgan fingerprint density at radius 2 is 1.37 bits per heavy atom. The largest absolute Gasteiger partial charge is 0.0845 e. The molecule has 0 amide bonds. The monoisotopic (exact) mass is 877 g/mol. The Kier molecular flexibility index (Phi) is 12.3. The summed E-state index contributed by atoms with van der Waals surface area (Å²) < 4.78 is 0. The topological polar surface area (TPSA) is 0 Å². The number of rotatable bonds is 5. The lowest BCUT2D eigenvalue weighted by Crippen LogP contribution is -2.27. The highest BCUT2D eigenvalue weighted by Gasteiger charge is 2.53. The van der Waals surface area contributed by atoms with E-state index in [1.807, 2.05) is 0 Å². The van der Waals surface area contributed by atoms with Crippen LogP contribution in [0.1, 0.15) is 146 Å². The van der Waals surface area contributed by atoms with Crippen LogP contribution in [-0.4, -0.2) is 0 Å². The minimum Gasteiger partial charge on any atom is -0.0845 e. The van der Waals surface area contributed by atoms with Crippen LogP contribution >= 0.6 is 0 Å². The summed E-state index contributed by atoms with van der Waals surface area (Å²) in [6, 6.07) is 41.4. The molecule has 6 aliphatic carbocycles. The fourth-order valence-electron chi connectivity index (χ4n) is 12.0. The van der Waals surface area contributed by atoms with Crippen molar-refractivity contribution in [1.29, 1.82) is 0 Å². The molecule has 1 spiro atoms. The van der Waals surface area contributed by atoms with E-state index in [1.54, 1.807) is 5.57 Å². The number of aryl methyl sites for hydroxylation is 1. The summed E-state index contributed by atoms with van der Waals surface area (Å²) in [7, 11) is 0. The van der Waals surface area contributed by atoms with Crippen molar-refractivity contribution in [2.75, 3.05) is 0 Å². The first-order valence-electron chi connectivity index (χ1n) is 25.2. The fourth-order valence-corrected chi connectivity index (χ4v) is 12.0. The van der Waals surface area contributed by atoms with E-state index in [9.17, 15) is 0 Å². The molecule has 0 aromatic heterocycles. The smallest absolute Gasteiger partial charge is 0.0728 e. The Balaban J connectivity index is 0.000000157. The van der Waals surface area contributed by atoms with Crippen molar-refractivity contribution in [2.24, 2.45) is 11.3 Å². The number of fused-ring (bicyclic) bond motifs is 9. The van der Waals surface area contributed by atoms with Gasteiger partial charge in [-0.05, 0) is 140 Å². The van der Waals surface area contributed by atoms with E-state index < -0.39 is 0 Å². The van der Waals surface area contributed by atoms with Gasteiger partial charge in [-0.1, -0.05) is 243 Å². The predicted octanol–water partition coefficient (Wildman–Crippen LogP) is 18.4. The van der Waals surface area contributed by atoms with Gasteiger partial charge in [-0.2, -0.15) is 0 Å². The summed E-state index contributed by atoms with van der Waals surface area (Å²) in [5.74, 6) is 0.609. The first kappa shape index (κ1) is 46.1. The highest BCUT2D eigenvalue weighted by Crippen LogP contribution is 2.64. The highest BCUT2D eigenvalue weighted by atomic mass is 14.5. The van der Waals surface area contributed by atoms with Crippen LogP contribution in [0.5, 0.6) is 0 Å². The molecule has 0 saturated heterocycles. The van der Waals surface area contributed by atoms with Crippen LogP contribution < -0.4 is 0 Å². The number of benzene rings is 5. The summed E-state index contributed by atoms with van der Waals surface area (Å²) in [5.41, 5.74) is 25.8.